The largest absolute Gasteiger partial charge is 0.493 e. The second-order valence-electron chi connectivity index (χ2n) is 5.02. The number of nitrogens with zero attached hydrogens (tertiary/aromatic N) is 1. The summed E-state index contributed by atoms with van der Waals surface area (Å²) in [6.07, 6.45) is 0.659. The fourth-order valence-corrected chi connectivity index (χ4v) is 1.56. The van der Waals surface area contributed by atoms with Crippen molar-refractivity contribution in [3.8, 4) is 11.8 Å². The van der Waals surface area contributed by atoms with E-state index in [9.17, 15) is 0 Å². The van der Waals surface area contributed by atoms with Crippen molar-refractivity contribution in [3.63, 3.8) is 0 Å². The van der Waals surface area contributed by atoms with Crippen molar-refractivity contribution in [2.24, 2.45) is 0 Å². The molecule has 18 heavy (non-hydrogen) atoms. The number of ether oxygens (including phenoxy) is 1. The van der Waals surface area contributed by atoms with Crippen LogP contribution in [0.25, 0.3) is 0 Å². The zero-order valence-corrected chi connectivity index (χ0v) is 11.7. The van der Waals surface area contributed by atoms with Gasteiger partial charge in [0.25, 0.3) is 0 Å². The van der Waals surface area contributed by atoms with Crippen LogP contribution in [0.5, 0.6) is 5.75 Å². The van der Waals surface area contributed by atoms with Gasteiger partial charge in [-0.2, -0.15) is 5.26 Å². The zero-order chi connectivity index (χ0) is 13.6. The number of benzene rings is 1. The normalized spacial score (nSPS) is 14.0. The van der Waals surface area contributed by atoms with Crippen molar-refractivity contribution < 1.29 is 4.74 Å². The summed E-state index contributed by atoms with van der Waals surface area (Å²) >= 11 is 0. The minimum Gasteiger partial charge on any atom is -0.493 e. The summed E-state index contributed by atoms with van der Waals surface area (Å²) in [7, 11) is 1.79. The topological polar surface area (TPSA) is 45.0 Å². The fraction of sp³-hybridized carbons (Fsp3) is 0.533. The zero-order valence-electron chi connectivity index (χ0n) is 11.7. The SMILES string of the molecule is CNC(C)(C#N)CCOc1ccc(C(C)C)cc1. The van der Waals surface area contributed by atoms with E-state index in [1.165, 1.54) is 5.56 Å². The molecule has 0 fully saturated rings. The third-order valence-electron chi connectivity index (χ3n) is 3.22. The Hall–Kier alpha value is -1.53. The predicted molar refractivity (Wildman–Crippen MR) is 73.7 cm³/mol. The molecule has 1 aromatic rings. The maximum absolute atomic E-state index is 9.01. The minimum absolute atomic E-state index is 0.516. The Bertz CT molecular complexity index is 405. The average Bonchev–Trinajstić information content (AvgIpc) is 2.39. The molecule has 0 heterocycles. The molecule has 0 aliphatic rings. The molecular formula is C15H22N2O. The summed E-state index contributed by atoms with van der Waals surface area (Å²) in [4.78, 5) is 0. The van der Waals surface area contributed by atoms with Crippen LogP contribution in [-0.2, 0) is 0 Å². The van der Waals surface area contributed by atoms with Crippen LogP contribution in [0, 0.1) is 11.3 Å². The molecule has 3 nitrogen and oxygen atoms in total. The lowest BCUT2D eigenvalue weighted by atomic mass is 10.0. The van der Waals surface area contributed by atoms with E-state index in [1.807, 2.05) is 19.1 Å². The van der Waals surface area contributed by atoms with Crippen LogP contribution in [-0.4, -0.2) is 19.2 Å². The maximum Gasteiger partial charge on any atom is 0.119 e. The van der Waals surface area contributed by atoms with E-state index in [1.54, 1.807) is 7.05 Å². The number of nitrogens with one attached hydrogen (secondary N) is 1. The van der Waals surface area contributed by atoms with Crippen LogP contribution in [0.15, 0.2) is 24.3 Å². The Kier molecular flexibility index (Phi) is 5.18. The van der Waals surface area contributed by atoms with Crippen LogP contribution < -0.4 is 10.1 Å². The van der Waals surface area contributed by atoms with Crippen molar-refractivity contribution in [1.82, 2.24) is 5.32 Å². The van der Waals surface area contributed by atoms with Crippen LogP contribution in [0.4, 0.5) is 0 Å². The van der Waals surface area contributed by atoms with Gasteiger partial charge in [0.1, 0.15) is 11.3 Å². The van der Waals surface area contributed by atoms with Gasteiger partial charge in [0.15, 0.2) is 0 Å². The number of hydrogen-bond acceptors (Lipinski definition) is 3. The van der Waals surface area contributed by atoms with Gasteiger partial charge in [-0.25, -0.2) is 0 Å². The minimum atomic E-state index is -0.516. The van der Waals surface area contributed by atoms with Gasteiger partial charge in [-0.1, -0.05) is 26.0 Å². The van der Waals surface area contributed by atoms with E-state index < -0.39 is 5.54 Å². The van der Waals surface area contributed by atoms with Gasteiger partial charge in [0.2, 0.25) is 0 Å². The molecule has 1 aromatic carbocycles. The lowest BCUT2D eigenvalue weighted by molar-refractivity contribution is 0.273. The molecule has 0 bridgehead atoms. The average molecular weight is 246 g/mol. The van der Waals surface area contributed by atoms with E-state index in [0.717, 1.165) is 5.75 Å². The van der Waals surface area contributed by atoms with Crippen LogP contribution in [0.2, 0.25) is 0 Å². The second-order valence-corrected chi connectivity index (χ2v) is 5.02. The molecule has 1 N–H and O–H groups in total. The maximum atomic E-state index is 9.01. The molecule has 0 radical (unpaired) electrons. The van der Waals surface area contributed by atoms with E-state index >= 15 is 0 Å². The molecule has 0 amide bonds. The molecule has 0 spiro atoms. The summed E-state index contributed by atoms with van der Waals surface area (Å²) in [6.45, 7) is 6.74. The molecule has 0 aliphatic carbocycles. The van der Waals surface area contributed by atoms with Crippen molar-refractivity contribution in [2.45, 2.75) is 38.6 Å². The second kappa shape index (κ2) is 6.42. The summed E-state index contributed by atoms with van der Waals surface area (Å²) in [5, 5.41) is 12.0. The van der Waals surface area contributed by atoms with Crippen LogP contribution >= 0.6 is 0 Å². The Morgan fingerprint density at radius 3 is 2.39 bits per heavy atom. The lowest BCUT2D eigenvalue weighted by Crippen LogP contribution is -2.39. The fourth-order valence-electron chi connectivity index (χ4n) is 1.56. The first kappa shape index (κ1) is 14.5. The summed E-state index contributed by atoms with van der Waals surface area (Å²) in [5.74, 6) is 1.39. The first-order valence-electron chi connectivity index (χ1n) is 6.33. The number of hydrogen-bond donors (Lipinski definition) is 1. The monoisotopic (exact) mass is 246 g/mol. The molecule has 0 saturated carbocycles. The van der Waals surface area contributed by atoms with Crippen LogP contribution in [0.1, 0.15) is 38.7 Å². The van der Waals surface area contributed by atoms with Gasteiger partial charge in [0.05, 0.1) is 12.7 Å². The van der Waals surface area contributed by atoms with E-state index in [4.69, 9.17) is 10.00 Å². The first-order valence-corrected chi connectivity index (χ1v) is 6.33. The van der Waals surface area contributed by atoms with Crippen molar-refractivity contribution in [3.05, 3.63) is 29.8 Å². The number of rotatable bonds is 6. The molecule has 1 rings (SSSR count). The van der Waals surface area contributed by atoms with E-state index in [2.05, 4.69) is 37.4 Å². The molecule has 3 heteroatoms. The summed E-state index contributed by atoms with van der Waals surface area (Å²) < 4.78 is 5.65. The van der Waals surface area contributed by atoms with Gasteiger partial charge >= 0.3 is 0 Å². The third kappa shape index (κ3) is 4.05. The molecule has 1 atom stereocenters. The van der Waals surface area contributed by atoms with Crippen LogP contribution in [0.3, 0.4) is 0 Å². The molecule has 0 aliphatic heterocycles. The van der Waals surface area contributed by atoms with Gasteiger partial charge < -0.3 is 10.1 Å². The summed E-state index contributed by atoms with van der Waals surface area (Å²) in [6, 6.07) is 10.4. The Morgan fingerprint density at radius 1 is 1.33 bits per heavy atom. The Morgan fingerprint density at radius 2 is 1.94 bits per heavy atom. The quantitative estimate of drug-likeness (QED) is 0.839. The van der Waals surface area contributed by atoms with E-state index in [0.29, 0.717) is 18.9 Å². The summed E-state index contributed by atoms with van der Waals surface area (Å²) in [5.41, 5.74) is 0.789. The Balaban J connectivity index is 2.47. The van der Waals surface area contributed by atoms with Crippen molar-refractivity contribution >= 4 is 0 Å². The molecule has 1 unspecified atom stereocenters. The lowest BCUT2D eigenvalue weighted by Gasteiger charge is -2.20. The Labute approximate surface area is 110 Å². The predicted octanol–water partition coefficient (Wildman–Crippen LogP) is 3.08. The highest BCUT2D eigenvalue weighted by Crippen LogP contribution is 2.19. The molecular weight excluding hydrogens is 224 g/mol. The smallest absolute Gasteiger partial charge is 0.119 e. The van der Waals surface area contributed by atoms with E-state index in [-0.39, 0.29) is 0 Å². The van der Waals surface area contributed by atoms with Crippen molar-refractivity contribution in [1.29, 1.82) is 5.26 Å². The van der Waals surface area contributed by atoms with Gasteiger partial charge in [-0.15, -0.1) is 0 Å². The van der Waals surface area contributed by atoms with Gasteiger partial charge in [-0.05, 0) is 37.6 Å². The highest BCUT2D eigenvalue weighted by atomic mass is 16.5. The molecule has 0 saturated heterocycles. The number of nitriles is 1. The van der Waals surface area contributed by atoms with Gasteiger partial charge in [0, 0.05) is 6.42 Å². The van der Waals surface area contributed by atoms with Gasteiger partial charge in [-0.3, -0.25) is 0 Å². The molecule has 98 valence electrons. The highest BCUT2D eigenvalue weighted by Gasteiger charge is 2.20. The molecule has 0 aromatic heterocycles. The first-order chi connectivity index (χ1) is 8.50. The highest BCUT2D eigenvalue weighted by molar-refractivity contribution is 5.28. The third-order valence-corrected chi connectivity index (χ3v) is 3.22. The standard InChI is InChI=1S/C15H22N2O/c1-12(2)13-5-7-14(8-6-13)18-10-9-15(3,11-16)17-4/h5-8,12,17H,9-10H2,1-4H3. The van der Waals surface area contributed by atoms with Crippen molar-refractivity contribution in [2.75, 3.05) is 13.7 Å².